The molecule has 0 saturated heterocycles. The van der Waals surface area contributed by atoms with Gasteiger partial charge in [0.1, 0.15) is 5.69 Å². The minimum absolute atomic E-state index is 0.0324. The molecule has 1 rings (SSSR count). The molecule has 0 aliphatic carbocycles. The van der Waals surface area contributed by atoms with Crippen LogP contribution in [0.4, 0.5) is 5.82 Å². The van der Waals surface area contributed by atoms with Gasteiger partial charge in [0.25, 0.3) is 0 Å². The third kappa shape index (κ3) is 1.56. The Kier molecular flexibility index (Phi) is 2.22. The number of halogens is 1. The van der Waals surface area contributed by atoms with E-state index in [-0.39, 0.29) is 11.7 Å². The molecule has 0 atom stereocenters. The highest BCUT2D eigenvalue weighted by Gasteiger charge is 2.04. The molecular weight excluding hydrogens is 166 g/mol. The second-order valence-electron chi connectivity index (χ2n) is 1.74. The van der Waals surface area contributed by atoms with Crippen LogP contribution in [0.3, 0.4) is 0 Å². The Hall–Kier alpha value is -1.36. The lowest BCUT2D eigenvalue weighted by molar-refractivity contribution is 1.29. The van der Waals surface area contributed by atoms with Crippen molar-refractivity contribution in [3.8, 4) is 0 Å². The highest BCUT2D eigenvalue weighted by molar-refractivity contribution is 6.57. The van der Waals surface area contributed by atoms with E-state index in [9.17, 15) is 0 Å². The number of aliphatic imine (C=N–C) groups is 1. The van der Waals surface area contributed by atoms with Crippen LogP contribution in [0.1, 0.15) is 5.69 Å². The number of aromatic amines is 1. The van der Waals surface area contributed by atoms with E-state index in [1.165, 1.54) is 6.33 Å². The molecule has 0 bridgehead atoms. The summed E-state index contributed by atoms with van der Waals surface area (Å²) in [7, 11) is 0. The van der Waals surface area contributed by atoms with Gasteiger partial charge < -0.3 is 10.7 Å². The van der Waals surface area contributed by atoms with Crippen molar-refractivity contribution in [1.29, 1.82) is 5.41 Å². The second kappa shape index (κ2) is 3.16. The largest absolute Gasteiger partial charge is 0.382 e. The number of anilines is 1. The van der Waals surface area contributed by atoms with E-state index in [1.807, 2.05) is 0 Å². The van der Waals surface area contributed by atoms with Gasteiger partial charge in [-0.3, -0.25) is 5.41 Å². The van der Waals surface area contributed by atoms with Gasteiger partial charge in [-0.15, -0.1) is 0 Å². The topological polar surface area (TPSA) is 90.9 Å². The highest BCUT2D eigenvalue weighted by Crippen LogP contribution is 2.04. The summed E-state index contributed by atoms with van der Waals surface area (Å²) < 4.78 is 0. The van der Waals surface area contributed by atoms with Crippen LogP contribution in [-0.2, 0) is 0 Å². The number of nitrogens with two attached hydrogens (primary N) is 1. The molecule has 1 aromatic rings. The van der Waals surface area contributed by atoms with E-state index >= 15 is 0 Å². The zero-order chi connectivity index (χ0) is 8.27. The molecule has 0 unspecified atom stereocenters. The number of H-pyrrole nitrogens is 1. The summed E-state index contributed by atoms with van der Waals surface area (Å²) in [6.07, 6.45) is 1.39. The molecular formula is C5H6ClN5. The molecule has 6 heteroatoms. The first-order valence-electron chi connectivity index (χ1n) is 2.76. The minimum atomic E-state index is -0.0324. The summed E-state index contributed by atoms with van der Waals surface area (Å²) in [4.78, 5) is 9.84. The van der Waals surface area contributed by atoms with Crippen molar-refractivity contribution in [3.63, 3.8) is 0 Å². The van der Waals surface area contributed by atoms with Crippen LogP contribution in [-0.4, -0.2) is 21.5 Å². The van der Waals surface area contributed by atoms with Crippen molar-refractivity contribution in [2.45, 2.75) is 0 Å². The predicted molar refractivity (Wildman–Crippen MR) is 44.2 cm³/mol. The number of aromatic nitrogens is 2. The monoisotopic (exact) mass is 171 g/mol. The molecule has 1 aromatic heterocycles. The van der Waals surface area contributed by atoms with Crippen LogP contribution in [0.25, 0.3) is 0 Å². The van der Waals surface area contributed by atoms with Crippen LogP contribution >= 0.6 is 11.6 Å². The summed E-state index contributed by atoms with van der Waals surface area (Å²) >= 11 is 5.16. The van der Waals surface area contributed by atoms with E-state index in [0.717, 1.165) is 5.67 Å². The average molecular weight is 172 g/mol. The van der Waals surface area contributed by atoms with Gasteiger partial charge >= 0.3 is 0 Å². The number of nitrogens with zero attached hydrogens (tertiary/aromatic N) is 2. The smallest absolute Gasteiger partial charge is 0.173 e. The fourth-order valence-electron chi connectivity index (χ4n) is 0.608. The Balaban J connectivity index is 2.93. The van der Waals surface area contributed by atoms with E-state index in [2.05, 4.69) is 15.0 Å². The van der Waals surface area contributed by atoms with Gasteiger partial charge in [0, 0.05) is 0 Å². The lowest BCUT2D eigenvalue weighted by Gasteiger charge is -1.92. The van der Waals surface area contributed by atoms with Gasteiger partial charge in [-0.25, -0.2) is 9.98 Å². The molecule has 0 aliphatic heterocycles. The zero-order valence-corrected chi connectivity index (χ0v) is 6.26. The highest BCUT2D eigenvalue weighted by atomic mass is 35.5. The molecule has 11 heavy (non-hydrogen) atoms. The molecule has 1 heterocycles. The predicted octanol–water partition coefficient (Wildman–Crippen LogP) is 0.584. The maximum atomic E-state index is 7.25. The number of nitrogens with one attached hydrogen (secondary N) is 2. The van der Waals surface area contributed by atoms with Gasteiger partial charge in [0.2, 0.25) is 0 Å². The van der Waals surface area contributed by atoms with Crippen molar-refractivity contribution in [2.24, 2.45) is 4.99 Å². The maximum absolute atomic E-state index is 7.25. The summed E-state index contributed by atoms with van der Waals surface area (Å²) in [6.45, 7) is 0. The first-order valence-corrected chi connectivity index (χ1v) is 3.20. The molecule has 4 N–H and O–H groups in total. The number of hydrogen-bond donors (Lipinski definition) is 3. The molecule has 0 fully saturated rings. The second-order valence-corrected chi connectivity index (χ2v) is 1.93. The standard InChI is InChI=1S/C5H6ClN5/c6-1-9-4(7)3-5(8)11-2-10-3/h1-2,7H,8H2,(H,10,11). The van der Waals surface area contributed by atoms with Gasteiger partial charge in [-0.1, -0.05) is 11.6 Å². The first kappa shape index (κ1) is 7.74. The van der Waals surface area contributed by atoms with E-state index in [1.54, 1.807) is 0 Å². The number of hydrogen-bond acceptors (Lipinski definition) is 3. The minimum Gasteiger partial charge on any atom is -0.382 e. The van der Waals surface area contributed by atoms with Crippen LogP contribution in [0.2, 0.25) is 0 Å². The number of amidine groups is 1. The van der Waals surface area contributed by atoms with Gasteiger partial charge in [-0.2, -0.15) is 0 Å². The summed E-state index contributed by atoms with van der Waals surface area (Å²) in [6, 6.07) is 0. The molecule has 0 radical (unpaired) electrons. The Morgan fingerprint density at radius 2 is 2.64 bits per heavy atom. The van der Waals surface area contributed by atoms with Gasteiger partial charge in [0.05, 0.1) is 12.0 Å². The quantitative estimate of drug-likeness (QED) is 0.426. The van der Waals surface area contributed by atoms with Crippen LogP contribution in [0.15, 0.2) is 11.3 Å². The lowest BCUT2D eigenvalue weighted by Crippen LogP contribution is -2.00. The summed E-state index contributed by atoms with van der Waals surface area (Å²) in [5, 5.41) is 7.25. The van der Waals surface area contributed by atoms with Crippen molar-refractivity contribution in [3.05, 3.63) is 12.0 Å². The van der Waals surface area contributed by atoms with Crippen molar-refractivity contribution >= 4 is 28.9 Å². The zero-order valence-electron chi connectivity index (χ0n) is 5.50. The van der Waals surface area contributed by atoms with E-state index in [4.69, 9.17) is 22.7 Å². The number of nitrogen functional groups attached to an aromatic ring is 1. The Bertz CT molecular complexity index is 289. The Morgan fingerprint density at radius 1 is 1.91 bits per heavy atom. The maximum Gasteiger partial charge on any atom is 0.173 e. The average Bonchev–Trinajstić information content (AvgIpc) is 2.36. The normalized spacial score (nSPS) is 10.6. The summed E-state index contributed by atoms with van der Waals surface area (Å²) in [5.74, 6) is 0.215. The number of imidazole rings is 1. The number of rotatable bonds is 1. The van der Waals surface area contributed by atoms with Gasteiger partial charge in [0.15, 0.2) is 11.7 Å². The van der Waals surface area contributed by atoms with Crippen LogP contribution < -0.4 is 5.73 Å². The fourth-order valence-corrected chi connectivity index (χ4v) is 0.705. The SMILES string of the molecule is N=C(N=CCl)c1[nH]cnc1N. The Labute approximate surface area is 67.8 Å². The van der Waals surface area contributed by atoms with Gasteiger partial charge in [-0.05, 0) is 0 Å². The van der Waals surface area contributed by atoms with Crippen molar-refractivity contribution in [1.82, 2.24) is 9.97 Å². The molecule has 0 saturated carbocycles. The molecule has 58 valence electrons. The Morgan fingerprint density at radius 3 is 3.09 bits per heavy atom. The van der Waals surface area contributed by atoms with Crippen molar-refractivity contribution < 1.29 is 0 Å². The fraction of sp³-hybridized carbons (Fsp3) is 0. The molecule has 0 aliphatic rings. The van der Waals surface area contributed by atoms with E-state index < -0.39 is 0 Å². The van der Waals surface area contributed by atoms with E-state index in [0.29, 0.717) is 5.69 Å². The summed E-state index contributed by atoms with van der Waals surface area (Å²) in [5.41, 5.74) is 6.75. The third-order valence-electron chi connectivity index (χ3n) is 1.08. The van der Waals surface area contributed by atoms with Crippen LogP contribution in [0.5, 0.6) is 0 Å². The lowest BCUT2D eigenvalue weighted by atomic mass is 10.4. The third-order valence-corrected chi connectivity index (χ3v) is 1.18. The first-order chi connectivity index (χ1) is 5.25. The molecule has 0 spiro atoms. The molecule has 0 amide bonds. The van der Waals surface area contributed by atoms with Crippen molar-refractivity contribution in [2.75, 3.05) is 5.73 Å². The molecule has 5 nitrogen and oxygen atoms in total. The van der Waals surface area contributed by atoms with Crippen LogP contribution in [0, 0.1) is 5.41 Å². The molecule has 0 aromatic carbocycles.